The summed E-state index contributed by atoms with van der Waals surface area (Å²) in [5, 5.41) is 43.2. The maximum atomic E-state index is 11.3. The summed E-state index contributed by atoms with van der Waals surface area (Å²) in [6, 6.07) is 17.6. The maximum absolute atomic E-state index is 11.3. The monoisotopic (exact) mass is 1160 g/mol. The van der Waals surface area contributed by atoms with Gasteiger partial charge < -0.3 is 29.9 Å². The summed E-state index contributed by atoms with van der Waals surface area (Å²) in [5.41, 5.74) is 7.31. The first-order valence-electron chi connectivity index (χ1n) is 28.5. The molecular formula is C69H110O6S4. The number of aromatic hydroxyl groups is 3. The molecule has 0 atom stereocenters. The molecule has 79 heavy (non-hydrogen) atoms. The van der Waals surface area contributed by atoms with Gasteiger partial charge >= 0.3 is 0 Å². The molecule has 1 fully saturated rings. The van der Waals surface area contributed by atoms with Crippen LogP contribution in [0.5, 0.6) is 23.0 Å². The van der Waals surface area contributed by atoms with Gasteiger partial charge in [-0.1, -0.05) is 160 Å². The van der Waals surface area contributed by atoms with Crippen LogP contribution in [0.25, 0.3) is 0 Å². The molecule has 0 spiro atoms. The Balaban J connectivity index is 0.000000376. The molecule has 6 rings (SSSR count). The molecule has 1 saturated heterocycles. The number of hydrogen-bond donors (Lipinski definition) is 4. The maximum Gasteiger partial charge on any atom is 0.126 e. The van der Waals surface area contributed by atoms with Crippen molar-refractivity contribution in [1.82, 2.24) is 0 Å². The predicted octanol–water partition coefficient (Wildman–Crippen LogP) is 20.7. The number of aliphatic hydroxyl groups excluding tert-OH is 1. The van der Waals surface area contributed by atoms with Crippen molar-refractivity contribution >= 4 is 47.0 Å². The lowest BCUT2D eigenvalue weighted by Gasteiger charge is -2.37. The quantitative estimate of drug-likeness (QED) is 0.0858. The van der Waals surface area contributed by atoms with Gasteiger partial charge in [-0.25, -0.2) is 0 Å². The average Bonchev–Trinajstić information content (AvgIpc) is 3.84. The summed E-state index contributed by atoms with van der Waals surface area (Å²) in [4.78, 5) is 4.74. The van der Waals surface area contributed by atoms with Gasteiger partial charge in [0.1, 0.15) is 23.0 Å². The largest absolute Gasteiger partial charge is 0.507 e. The Bertz CT molecular complexity index is 2590. The summed E-state index contributed by atoms with van der Waals surface area (Å²) < 4.78 is 10.9. The number of thioether (sulfide) groups is 4. The molecule has 0 radical (unpaired) electrons. The third-order valence-electron chi connectivity index (χ3n) is 14.6. The highest BCUT2D eigenvalue weighted by Gasteiger charge is 2.37. The van der Waals surface area contributed by atoms with Gasteiger partial charge in [-0.2, -0.15) is 0 Å². The number of phenolic OH excluding ortho intramolecular Hbond substituents is 3. The van der Waals surface area contributed by atoms with Gasteiger partial charge in [-0.15, -0.1) is 47.0 Å². The Morgan fingerprint density at radius 3 is 0.975 bits per heavy atom. The zero-order valence-electron chi connectivity index (χ0n) is 53.5. The molecule has 0 aromatic heterocycles. The van der Waals surface area contributed by atoms with E-state index in [2.05, 4.69) is 229 Å². The van der Waals surface area contributed by atoms with Gasteiger partial charge in [0, 0.05) is 83.9 Å². The Hall–Kier alpha value is -2.60. The number of rotatable bonds is 11. The van der Waals surface area contributed by atoms with Crippen LogP contribution in [0.3, 0.4) is 0 Å². The second-order valence-electron chi connectivity index (χ2n) is 30.3. The molecular weight excluding hydrogens is 1050 g/mol. The first kappa shape index (κ1) is 70.7. The number of ether oxygens (including phenoxy) is 2. The molecule has 0 unspecified atom stereocenters. The molecule has 6 nitrogen and oxygen atoms in total. The Morgan fingerprint density at radius 1 is 0.418 bits per heavy atom. The van der Waals surface area contributed by atoms with Crippen LogP contribution in [0.4, 0.5) is 0 Å². The first-order chi connectivity index (χ1) is 35.1. The topological polar surface area (TPSA) is 99.4 Å². The molecule has 2 aliphatic rings. The minimum absolute atomic E-state index is 0. The van der Waals surface area contributed by atoms with Crippen LogP contribution in [-0.2, 0) is 48.1 Å². The van der Waals surface area contributed by atoms with Gasteiger partial charge in [0.05, 0.1) is 14.8 Å². The molecule has 0 bridgehead atoms. The van der Waals surface area contributed by atoms with Crippen molar-refractivity contribution in [3.8, 4) is 23.0 Å². The second kappa shape index (κ2) is 25.7. The minimum atomic E-state index is -0.354. The SMILES string of the molecule is C.C1CCOC1.CC(C)(Sc1cc(C(C)(C)C)c(O)c(C(C)(C)C)c1)Sc1cc(C(C)(C)C)c(O)c(C(C)(C)CCO)c1.CC(C)(Sc1cc(C(C)(C)C)c(O)c(C(C)(C)C)c1)Sc1cc(C(C)(C)C)c2c(c1)C(C)(C)CCO2. The van der Waals surface area contributed by atoms with Crippen molar-refractivity contribution in [2.24, 2.45) is 0 Å². The zero-order valence-corrected chi connectivity index (χ0v) is 56.8. The molecule has 4 aromatic rings. The number of phenols is 3. The minimum Gasteiger partial charge on any atom is -0.507 e. The Morgan fingerprint density at radius 2 is 0.696 bits per heavy atom. The number of fused-ring (bicyclic) bond motifs is 1. The lowest BCUT2D eigenvalue weighted by Crippen LogP contribution is -2.29. The summed E-state index contributed by atoms with van der Waals surface area (Å²) in [7, 11) is 0. The van der Waals surface area contributed by atoms with Gasteiger partial charge in [0.15, 0.2) is 0 Å². The van der Waals surface area contributed by atoms with Crippen LogP contribution in [0, 0.1) is 0 Å². The summed E-state index contributed by atoms with van der Waals surface area (Å²) in [6.07, 6.45) is 4.17. The van der Waals surface area contributed by atoms with E-state index < -0.39 is 0 Å². The van der Waals surface area contributed by atoms with Gasteiger partial charge in [0.2, 0.25) is 0 Å². The fraction of sp³-hybridized carbons (Fsp3) is 0.652. The average molecular weight is 1160 g/mol. The number of aliphatic hydroxyl groups is 1. The highest BCUT2D eigenvalue weighted by molar-refractivity contribution is 8.18. The van der Waals surface area contributed by atoms with E-state index in [1.165, 1.54) is 33.8 Å². The van der Waals surface area contributed by atoms with E-state index in [9.17, 15) is 20.4 Å². The number of benzene rings is 4. The van der Waals surface area contributed by atoms with E-state index in [0.29, 0.717) is 23.7 Å². The predicted molar refractivity (Wildman–Crippen MR) is 349 cm³/mol. The van der Waals surface area contributed by atoms with Crippen molar-refractivity contribution in [2.75, 3.05) is 26.4 Å². The molecule has 10 heteroatoms. The van der Waals surface area contributed by atoms with Crippen molar-refractivity contribution in [3.05, 3.63) is 93.0 Å². The lowest BCUT2D eigenvalue weighted by molar-refractivity contribution is 0.198. The molecule has 0 amide bonds. The van der Waals surface area contributed by atoms with Crippen LogP contribution in [0.2, 0.25) is 0 Å². The normalized spacial score (nSPS) is 15.5. The molecule has 4 aromatic carbocycles. The van der Waals surface area contributed by atoms with Gasteiger partial charge in [-0.3, -0.25) is 0 Å². The van der Waals surface area contributed by atoms with E-state index in [-0.39, 0.29) is 65.5 Å². The third kappa shape index (κ3) is 19.2. The van der Waals surface area contributed by atoms with E-state index in [4.69, 9.17) is 9.47 Å². The number of hydrogen-bond acceptors (Lipinski definition) is 10. The van der Waals surface area contributed by atoms with Crippen LogP contribution >= 0.6 is 47.0 Å². The smallest absolute Gasteiger partial charge is 0.126 e. The Labute approximate surface area is 500 Å². The molecule has 0 aliphatic carbocycles. The zero-order chi connectivity index (χ0) is 59.8. The van der Waals surface area contributed by atoms with E-state index in [1.807, 2.05) is 23.5 Å². The fourth-order valence-corrected chi connectivity index (χ4v) is 15.1. The highest BCUT2D eigenvalue weighted by Crippen LogP contribution is 2.54. The summed E-state index contributed by atoms with van der Waals surface area (Å²) in [6.45, 7) is 59.9. The molecule has 2 heterocycles. The molecule has 2 aliphatic heterocycles. The molecule has 4 N–H and O–H groups in total. The van der Waals surface area contributed by atoms with Gasteiger partial charge in [0.25, 0.3) is 0 Å². The van der Waals surface area contributed by atoms with Crippen molar-refractivity contribution in [2.45, 2.75) is 284 Å². The lowest BCUT2D eigenvalue weighted by atomic mass is 9.76. The van der Waals surface area contributed by atoms with E-state index >= 15 is 0 Å². The second-order valence-corrected chi connectivity index (χ2v) is 37.6. The van der Waals surface area contributed by atoms with Crippen LogP contribution in [-0.4, -0.2) is 55.0 Å². The van der Waals surface area contributed by atoms with Gasteiger partial charge in [-0.05, 0) is 145 Å². The Kier molecular flexibility index (Phi) is 23.0. The van der Waals surface area contributed by atoms with E-state index in [0.717, 1.165) is 75.2 Å². The van der Waals surface area contributed by atoms with Crippen LogP contribution in [0.15, 0.2) is 68.1 Å². The molecule has 446 valence electrons. The summed E-state index contributed by atoms with van der Waals surface area (Å²) in [5.74, 6) is 2.27. The van der Waals surface area contributed by atoms with E-state index in [1.54, 1.807) is 23.5 Å². The fourth-order valence-electron chi connectivity index (χ4n) is 9.90. The van der Waals surface area contributed by atoms with Crippen molar-refractivity contribution in [3.63, 3.8) is 0 Å². The summed E-state index contributed by atoms with van der Waals surface area (Å²) >= 11 is 7.39. The standard InChI is InChI=1S/C32H50O3S2.C32H48O2S2.C4H8O.CH4/c1-28(2,3)22-16-20(17-23(26(22)34)29(4,5)6)36-32(12,13)37-21-18-24(30(7,8)9)27(35)25(19-21)31(10,11)14-15-33;1-28(2,3)22-16-20(17-23(26(22)33)29(4,5)6)35-32(12,13)36-21-18-24(30(7,8)9)27-25(19-21)31(10,11)14-15-34-27;1-2-4-5-3-1;/h16-19,33-35H,14-15H2,1-13H3;16-19,33H,14-15H2,1-13H3;1-4H2;1H4. The first-order valence-corrected chi connectivity index (χ1v) is 31.8. The van der Waals surface area contributed by atoms with Crippen LogP contribution in [0.1, 0.15) is 258 Å². The molecule has 0 saturated carbocycles. The highest BCUT2D eigenvalue weighted by atomic mass is 32.2. The van der Waals surface area contributed by atoms with Crippen LogP contribution < -0.4 is 4.74 Å². The van der Waals surface area contributed by atoms with Crippen molar-refractivity contribution < 1.29 is 29.9 Å². The van der Waals surface area contributed by atoms with Crippen molar-refractivity contribution in [1.29, 1.82) is 0 Å². The third-order valence-corrected chi connectivity index (χ3v) is 19.5.